The van der Waals surface area contributed by atoms with Crippen molar-refractivity contribution in [3.05, 3.63) is 169 Å². The smallest absolute Gasteiger partial charge is 0.329 e. The van der Waals surface area contributed by atoms with E-state index in [0.717, 1.165) is 42.4 Å². The van der Waals surface area contributed by atoms with Gasteiger partial charge >= 0.3 is 5.97 Å². The van der Waals surface area contributed by atoms with Gasteiger partial charge in [0.05, 0.1) is 24.3 Å². The van der Waals surface area contributed by atoms with Gasteiger partial charge in [0, 0.05) is 79.0 Å². The van der Waals surface area contributed by atoms with Crippen molar-refractivity contribution < 1.29 is 52.6 Å². The molecule has 0 aromatic heterocycles. The molecule has 0 bridgehead atoms. The number of carbonyl (C=O) groups excluding carboxylic acids is 8. The van der Waals surface area contributed by atoms with E-state index in [9.17, 15) is 38.4 Å². The Balaban J connectivity index is 0.882. The molecule has 2 fully saturated rings. The van der Waals surface area contributed by atoms with E-state index in [2.05, 4.69) is 10.6 Å². The minimum absolute atomic E-state index is 0.00795. The van der Waals surface area contributed by atoms with E-state index in [1.807, 2.05) is 74.5 Å². The summed E-state index contributed by atoms with van der Waals surface area (Å²) in [4.78, 5) is 113. The fraction of sp³-hybridized carbons (Fsp3) is 0.417. The van der Waals surface area contributed by atoms with E-state index < -0.39 is 41.3 Å². The van der Waals surface area contributed by atoms with Gasteiger partial charge in [0.25, 0.3) is 5.91 Å². The number of piperidine rings is 2. The minimum Gasteiger partial charge on any atom is -0.493 e. The molecule has 2 aliphatic heterocycles. The van der Waals surface area contributed by atoms with Gasteiger partial charge in [-0.05, 0) is 146 Å². The van der Waals surface area contributed by atoms with Gasteiger partial charge in [0.15, 0.2) is 17.3 Å². The Hall–Kier alpha value is -7.59. The van der Waals surface area contributed by atoms with Crippen molar-refractivity contribution in [2.24, 2.45) is 5.41 Å². The molecule has 0 saturated carbocycles. The molecule has 2 saturated heterocycles. The second-order valence-corrected chi connectivity index (χ2v) is 25.1. The van der Waals surface area contributed by atoms with Crippen LogP contribution in [0.1, 0.15) is 157 Å². The Morgan fingerprint density at radius 3 is 2.01 bits per heavy atom. The third-order valence-corrected chi connectivity index (χ3v) is 17.9. The third-order valence-electron chi connectivity index (χ3n) is 16.8. The standard InChI is InChI=1S/C72H83Cl3N4O11/c1-7-72(3,4)68(84)70(86)79-37-18-17-25-61(79)71(87)90-62(34-30-49-31-35-63(88-5)64(43-49)89-6)52-22-19-23-55(44-52)76-66(82)36-32-56(80)24-15-10-8-9-11-16-26-65(81)77-60(42-48-20-13-12-14-21-48)69(85)78-45-53(38-50-28-27-47(2)58(74)40-50)67(83)54(46-78)39-51-29-33-57(73)59(75)41-51/h12-14,19-23,27-29,31,33,35,38-41,43-44,60-62H,7-11,15-18,24-26,30,32,34,36-37,42,45-46H2,1-6H3,(H,76,82)(H,77,81)/b53-38+,54-39+/t60-,61-,62+/m0/s1. The highest BCUT2D eigenvalue weighted by molar-refractivity contribution is 6.42. The van der Waals surface area contributed by atoms with Crippen molar-refractivity contribution in [1.82, 2.24) is 15.1 Å². The Morgan fingerprint density at radius 1 is 0.678 bits per heavy atom. The number of likely N-dealkylation sites (tertiary alicyclic amines) is 2. The van der Waals surface area contributed by atoms with Crippen molar-refractivity contribution in [3.63, 3.8) is 0 Å². The first kappa shape index (κ1) is 69.9. The van der Waals surface area contributed by atoms with Crippen molar-refractivity contribution in [1.29, 1.82) is 0 Å². The van der Waals surface area contributed by atoms with Crippen LogP contribution in [0.4, 0.5) is 5.69 Å². The van der Waals surface area contributed by atoms with E-state index in [4.69, 9.17) is 49.0 Å². The molecule has 15 nitrogen and oxygen atoms in total. The SMILES string of the molecule is CCC(C)(C)C(=O)C(=O)N1CCCC[C@H]1C(=O)O[C@H](CCc1ccc(OC)c(OC)c1)c1cccc(NC(=O)CCC(=O)CCCCCCCCC(=O)N[C@@H](Cc2ccccc2)C(=O)N2C/C(=C\c3ccc(C)c(Cl)c3)C(=O)/C(=C/c3ccc(Cl)c(Cl)c3)C2)c1. The summed E-state index contributed by atoms with van der Waals surface area (Å²) in [6.45, 7) is 7.50. The van der Waals surface area contributed by atoms with E-state index >= 15 is 0 Å². The molecule has 0 aliphatic carbocycles. The van der Waals surface area contributed by atoms with E-state index in [1.165, 1.54) is 4.90 Å². The van der Waals surface area contributed by atoms with Gasteiger partial charge in [-0.1, -0.05) is 148 Å². The number of ketones is 3. The Labute approximate surface area is 544 Å². The molecule has 0 radical (unpaired) electrons. The van der Waals surface area contributed by atoms with Crippen LogP contribution in [0.15, 0.2) is 120 Å². The topological polar surface area (TPSA) is 195 Å². The summed E-state index contributed by atoms with van der Waals surface area (Å²) >= 11 is 19.0. The Bertz CT molecular complexity index is 3380. The molecule has 5 aromatic carbocycles. The summed E-state index contributed by atoms with van der Waals surface area (Å²) < 4.78 is 17.2. The van der Waals surface area contributed by atoms with Crippen LogP contribution < -0.4 is 20.1 Å². The molecule has 3 atom stereocenters. The zero-order valence-corrected chi connectivity index (χ0v) is 54.7. The number of hydrogen-bond acceptors (Lipinski definition) is 11. The predicted molar refractivity (Wildman–Crippen MR) is 354 cm³/mol. The van der Waals surface area contributed by atoms with E-state index in [-0.39, 0.29) is 74.6 Å². The summed E-state index contributed by atoms with van der Waals surface area (Å²) in [5.41, 5.74) is 4.96. The van der Waals surface area contributed by atoms with Crippen LogP contribution in [-0.4, -0.2) is 103 Å². The van der Waals surface area contributed by atoms with E-state index in [0.29, 0.717) is 118 Å². The zero-order valence-electron chi connectivity index (χ0n) is 52.4. The number of ether oxygens (including phenoxy) is 3. The van der Waals surface area contributed by atoms with E-state index in [1.54, 1.807) is 93.6 Å². The average Bonchev–Trinajstić information content (AvgIpc) is 0.934. The second-order valence-electron chi connectivity index (χ2n) is 23.9. The fourth-order valence-electron chi connectivity index (χ4n) is 11.0. The number of nitrogens with one attached hydrogen (secondary N) is 2. The molecule has 4 amide bonds. The van der Waals surface area contributed by atoms with Gasteiger partial charge in [-0.2, -0.15) is 0 Å². The fourth-order valence-corrected chi connectivity index (χ4v) is 11.5. The van der Waals surface area contributed by atoms with Gasteiger partial charge in [-0.25, -0.2) is 4.79 Å². The normalized spacial score (nSPS) is 15.9. The van der Waals surface area contributed by atoms with Crippen molar-refractivity contribution in [3.8, 4) is 11.5 Å². The van der Waals surface area contributed by atoms with Crippen LogP contribution in [0.25, 0.3) is 12.2 Å². The van der Waals surface area contributed by atoms with Crippen LogP contribution >= 0.6 is 34.8 Å². The number of nitrogens with zero attached hydrogens (tertiary/aromatic N) is 2. The lowest BCUT2D eigenvalue weighted by Gasteiger charge is -2.36. The molecule has 90 heavy (non-hydrogen) atoms. The van der Waals surface area contributed by atoms with Crippen molar-refractivity contribution >= 4 is 99.6 Å². The summed E-state index contributed by atoms with van der Waals surface area (Å²) in [6.07, 6.45) is 11.0. The first-order chi connectivity index (χ1) is 43.2. The highest BCUT2D eigenvalue weighted by atomic mass is 35.5. The number of methoxy groups -OCH3 is 2. The number of amides is 4. The quantitative estimate of drug-likeness (QED) is 0.0192. The molecule has 5 aromatic rings. The number of carbonyl (C=O) groups is 8. The number of anilines is 1. The lowest BCUT2D eigenvalue weighted by molar-refractivity contribution is -0.164. The van der Waals surface area contributed by atoms with Crippen molar-refractivity contribution in [2.75, 3.05) is 39.2 Å². The predicted octanol–water partition coefficient (Wildman–Crippen LogP) is 14.3. The molecule has 18 heteroatoms. The minimum atomic E-state index is -0.932. The van der Waals surface area contributed by atoms with Crippen molar-refractivity contribution in [2.45, 2.75) is 155 Å². The van der Waals surface area contributed by atoms with Crippen LogP contribution in [0.2, 0.25) is 15.1 Å². The third kappa shape index (κ3) is 20.2. The molecule has 2 N–H and O–H groups in total. The summed E-state index contributed by atoms with van der Waals surface area (Å²) in [6, 6.07) is 30.8. The largest absolute Gasteiger partial charge is 0.493 e. The average molecular weight is 1290 g/mol. The molecule has 2 heterocycles. The van der Waals surface area contributed by atoms with Crippen LogP contribution in [0.3, 0.4) is 0 Å². The van der Waals surface area contributed by atoms with Crippen LogP contribution in [-0.2, 0) is 55.9 Å². The maximum atomic E-state index is 14.7. The lowest BCUT2D eigenvalue weighted by Crippen LogP contribution is -2.53. The van der Waals surface area contributed by atoms with Gasteiger partial charge in [0.1, 0.15) is 24.0 Å². The highest BCUT2D eigenvalue weighted by Gasteiger charge is 2.41. The molecule has 2 aliphatic rings. The number of rotatable bonds is 30. The number of halogens is 3. The monoisotopic (exact) mass is 1280 g/mol. The number of esters is 1. The molecule has 0 spiro atoms. The lowest BCUT2D eigenvalue weighted by atomic mass is 9.84. The molecule has 7 rings (SSSR count). The molecular formula is C72H83Cl3N4O11. The zero-order chi connectivity index (χ0) is 64.9. The summed E-state index contributed by atoms with van der Waals surface area (Å²) in [5, 5.41) is 7.18. The summed E-state index contributed by atoms with van der Waals surface area (Å²) in [7, 11) is 3.11. The molecule has 0 unspecified atom stereocenters. The van der Waals surface area contributed by atoms with Gasteiger partial charge in [0.2, 0.25) is 23.5 Å². The molecular weight excluding hydrogens is 1200 g/mol. The Kier molecular flexibility index (Phi) is 26.4. The number of benzene rings is 5. The number of aryl methyl sites for hydroxylation is 2. The number of Topliss-reactive ketones (excluding diaryl/α,β-unsaturated/α-hetero) is 3. The number of hydrogen-bond donors (Lipinski definition) is 2. The van der Waals surface area contributed by atoms with Gasteiger partial charge in [-0.3, -0.25) is 33.6 Å². The maximum absolute atomic E-state index is 14.7. The number of unbranched alkanes of at least 4 members (excludes halogenated alkanes) is 5. The maximum Gasteiger partial charge on any atom is 0.329 e. The van der Waals surface area contributed by atoms with Crippen LogP contribution in [0.5, 0.6) is 11.5 Å². The summed E-state index contributed by atoms with van der Waals surface area (Å²) in [5.74, 6) is -1.87. The van der Waals surface area contributed by atoms with Crippen LogP contribution in [0, 0.1) is 12.3 Å². The van der Waals surface area contributed by atoms with Gasteiger partial charge in [-0.15, -0.1) is 0 Å². The van der Waals surface area contributed by atoms with Gasteiger partial charge < -0.3 is 34.6 Å². The molecule has 478 valence electrons. The second kappa shape index (κ2) is 34.0. The highest BCUT2D eigenvalue weighted by Crippen LogP contribution is 2.34. The Morgan fingerprint density at radius 2 is 1.34 bits per heavy atom. The first-order valence-corrected chi connectivity index (χ1v) is 32.3. The first-order valence-electron chi connectivity index (χ1n) is 31.1.